The molecule has 0 unspecified atom stereocenters. The maximum atomic E-state index is 11.0. The van der Waals surface area contributed by atoms with Gasteiger partial charge in [-0.2, -0.15) is 0 Å². The molecule has 0 aliphatic carbocycles. The third-order valence-electron chi connectivity index (χ3n) is 2.28. The summed E-state index contributed by atoms with van der Waals surface area (Å²) in [5.41, 5.74) is 1.43. The van der Waals surface area contributed by atoms with Crippen LogP contribution in [-0.2, 0) is 17.9 Å². The first-order valence-corrected chi connectivity index (χ1v) is 6.66. The number of hydrogen-bond donors (Lipinski definition) is 1. The minimum atomic E-state index is -1.10. The van der Waals surface area contributed by atoms with Crippen molar-refractivity contribution in [2.75, 3.05) is 7.11 Å². The topological polar surface area (TPSA) is 77.2 Å². The summed E-state index contributed by atoms with van der Waals surface area (Å²) in [5.74, 6) is -1.10. The number of methoxy groups -OCH3 is 1. The predicted octanol–water partition coefficient (Wildman–Crippen LogP) is 1.99. The van der Waals surface area contributed by atoms with E-state index in [0.717, 1.165) is 9.35 Å². The van der Waals surface area contributed by atoms with Crippen LogP contribution in [0.4, 0.5) is 0 Å². The first-order chi connectivity index (χ1) is 8.61. The second-order valence-electron chi connectivity index (χ2n) is 3.54. The summed E-state index contributed by atoms with van der Waals surface area (Å²) >= 11 is 4.94. The monoisotopic (exact) mass is 331 g/mol. The van der Waals surface area contributed by atoms with Crippen LogP contribution in [0.15, 0.2) is 15.2 Å². The van der Waals surface area contributed by atoms with Gasteiger partial charge in [0.05, 0.1) is 22.6 Å². The van der Waals surface area contributed by atoms with Gasteiger partial charge in [0.2, 0.25) is 0 Å². The Kier molecular flexibility index (Phi) is 4.10. The van der Waals surface area contributed by atoms with Gasteiger partial charge >= 0.3 is 5.97 Å². The average Bonchev–Trinajstić information content (AvgIpc) is 2.88. The Hall–Kier alpha value is -1.25. The molecule has 2 rings (SSSR count). The number of ether oxygens (including phenoxy) is 1. The van der Waals surface area contributed by atoms with Gasteiger partial charge in [-0.1, -0.05) is 5.21 Å². The fourth-order valence-corrected chi connectivity index (χ4v) is 2.71. The van der Waals surface area contributed by atoms with Crippen molar-refractivity contribution in [2.24, 2.45) is 0 Å². The Morgan fingerprint density at radius 1 is 1.67 bits per heavy atom. The summed E-state index contributed by atoms with van der Waals surface area (Å²) < 4.78 is 7.55. The third kappa shape index (κ3) is 2.77. The smallest absolute Gasteiger partial charge is 0.358 e. The minimum absolute atomic E-state index is 0.0638. The molecular weight excluding hydrogens is 322 g/mol. The molecule has 0 saturated carbocycles. The summed E-state index contributed by atoms with van der Waals surface area (Å²) in [7, 11) is 1.50. The Balaban J connectivity index is 2.29. The number of hydrogen-bond acceptors (Lipinski definition) is 5. The van der Waals surface area contributed by atoms with Gasteiger partial charge in [0.15, 0.2) is 5.69 Å². The molecule has 0 radical (unpaired) electrons. The number of nitrogens with zero attached hydrogens (tertiary/aromatic N) is 3. The zero-order valence-corrected chi connectivity index (χ0v) is 11.9. The Morgan fingerprint density at radius 2 is 2.44 bits per heavy atom. The maximum absolute atomic E-state index is 11.0. The lowest BCUT2D eigenvalue weighted by atomic mass is 10.3. The Morgan fingerprint density at radius 3 is 3.00 bits per heavy atom. The zero-order valence-electron chi connectivity index (χ0n) is 9.46. The van der Waals surface area contributed by atoms with Crippen molar-refractivity contribution in [1.29, 1.82) is 0 Å². The molecule has 8 heteroatoms. The van der Waals surface area contributed by atoms with E-state index < -0.39 is 5.97 Å². The molecule has 0 aromatic carbocycles. The number of halogens is 1. The van der Waals surface area contributed by atoms with E-state index in [-0.39, 0.29) is 12.3 Å². The largest absolute Gasteiger partial charge is 0.476 e. The van der Waals surface area contributed by atoms with Crippen LogP contribution in [0.1, 0.15) is 21.7 Å². The van der Waals surface area contributed by atoms with Gasteiger partial charge in [-0.15, -0.1) is 16.4 Å². The van der Waals surface area contributed by atoms with E-state index in [2.05, 4.69) is 26.2 Å². The maximum Gasteiger partial charge on any atom is 0.358 e. The highest BCUT2D eigenvalue weighted by Crippen LogP contribution is 2.21. The zero-order chi connectivity index (χ0) is 13.1. The summed E-state index contributed by atoms with van der Waals surface area (Å²) in [4.78, 5) is 11.0. The van der Waals surface area contributed by atoms with E-state index in [4.69, 9.17) is 9.84 Å². The summed E-state index contributed by atoms with van der Waals surface area (Å²) in [5, 5.41) is 18.5. The molecule has 2 aromatic heterocycles. The van der Waals surface area contributed by atoms with Gasteiger partial charge in [-0.05, 0) is 32.9 Å². The highest BCUT2D eigenvalue weighted by Gasteiger charge is 2.19. The van der Waals surface area contributed by atoms with Crippen molar-refractivity contribution in [3.05, 3.63) is 32.2 Å². The SMILES string of the molecule is COCc1c(C(=O)O)nnn1Cc1csc(Br)c1. The molecular formula is C10H10BrN3O3S. The van der Waals surface area contributed by atoms with E-state index >= 15 is 0 Å². The number of rotatable bonds is 5. The van der Waals surface area contributed by atoms with Crippen molar-refractivity contribution in [1.82, 2.24) is 15.0 Å². The molecule has 0 fully saturated rings. The van der Waals surface area contributed by atoms with E-state index in [1.807, 2.05) is 11.4 Å². The van der Waals surface area contributed by atoms with Crippen molar-refractivity contribution < 1.29 is 14.6 Å². The molecule has 2 heterocycles. The van der Waals surface area contributed by atoms with Crippen LogP contribution in [0.2, 0.25) is 0 Å². The van der Waals surface area contributed by atoms with Crippen molar-refractivity contribution in [3.8, 4) is 0 Å². The van der Waals surface area contributed by atoms with Crippen molar-refractivity contribution in [2.45, 2.75) is 13.2 Å². The molecule has 18 heavy (non-hydrogen) atoms. The van der Waals surface area contributed by atoms with Crippen LogP contribution in [0, 0.1) is 0 Å². The lowest BCUT2D eigenvalue weighted by Crippen LogP contribution is -2.09. The highest BCUT2D eigenvalue weighted by atomic mass is 79.9. The molecule has 96 valence electrons. The Labute approximate surface area is 115 Å². The van der Waals surface area contributed by atoms with Gasteiger partial charge in [0.25, 0.3) is 0 Å². The second kappa shape index (κ2) is 5.59. The molecule has 0 aliphatic rings. The third-order valence-corrected chi connectivity index (χ3v) is 3.83. The lowest BCUT2D eigenvalue weighted by Gasteiger charge is -2.04. The van der Waals surface area contributed by atoms with Crippen LogP contribution in [-0.4, -0.2) is 33.2 Å². The first-order valence-electron chi connectivity index (χ1n) is 4.99. The van der Waals surface area contributed by atoms with Crippen LogP contribution in [0.5, 0.6) is 0 Å². The summed E-state index contributed by atoms with van der Waals surface area (Å²) in [6, 6.07) is 1.96. The second-order valence-corrected chi connectivity index (χ2v) is 5.83. The number of aromatic carboxylic acids is 1. The molecule has 0 spiro atoms. The van der Waals surface area contributed by atoms with E-state index in [0.29, 0.717) is 12.2 Å². The normalized spacial score (nSPS) is 10.8. The lowest BCUT2D eigenvalue weighted by molar-refractivity contribution is 0.0684. The van der Waals surface area contributed by atoms with Crippen molar-refractivity contribution in [3.63, 3.8) is 0 Å². The highest BCUT2D eigenvalue weighted by molar-refractivity contribution is 9.11. The molecule has 0 saturated heterocycles. The average molecular weight is 332 g/mol. The van der Waals surface area contributed by atoms with Crippen LogP contribution >= 0.6 is 27.3 Å². The number of carboxylic acid groups (broad SMARTS) is 1. The molecule has 0 amide bonds. The van der Waals surface area contributed by atoms with E-state index in [1.54, 1.807) is 16.0 Å². The molecule has 0 atom stereocenters. The van der Waals surface area contributed by atoms with Gasteiger partial charge < -0.3 is 9.84 Å². The molecule has 0 bridgehead atoms. The molecule has 2 aromatic rings. The molecule has 1 N–H and O–H groups in total. The number of carbonyl (C=O) groups is 1. The fourth-order valence-electron chi connectivity index (χ4n) is 1.51. The van der Waals surface area contributed by atoms with Crippen molar-refractivity contribution >= 4 is 33.2 Å². The number of carboxylic acids is 1. The molecule has 0 aliphatic heterocycles. The molecule has 6 nitrogen and oxygen atoms in total. The number of aromatic nitrogens is 3. The summed E-state index contributed by atoms with van der Waals surface area (Å²) in [6.45, 7) is 0.640. The van der Waals surface area contributed by atoms with E-state index in [9.17, 15) is 4.79 Å². The van der Waals surface area contributed by atoms with Crippen LogP contribution in [0.25, 0.3) is 0 Å². The standard InChI is InChI=1S/C10H10BrN3O3S/c1-17-4-7-9(10(15)16)12-13-14(7)3-6-2-8(11)18-5-6/h2,5H,3-4H2,1H3,(H,15,16). The Bertz CT molecular complexity index is 566. The van der Waals surface area contributed by atoms with Crippen LogP contribution < -0.4 is 0 Å². The quantitative estimate of drug-likeness (QED) is 0.906. The van der Waals surface area contributed by atoms with Gasteiger partial charge in [0.1, 0.15) is 0 Å². The van der Waals surface area contributed by atoms with Crippen LogP contribution in [0.3, 0.4) is 0 Å². The predicted molar refractivity (Wildman–Crippen MR) is 68.8 cm³/mol. The van der Waals surface area contributed by atoms with Gasteiger partial charge in [0, 0.05) is 7.11 Å². The van der Waals surface area contributed by atoms with Gasteiger partial charge in [-0.3, -0.25) is 0 Å². The fraction of sp³-hybridized carbons (Fsp3) is 0.300. The van der Waals surface area contributed by atoms with E-state index in [1.165, 1.54) is 7.11 Å². The van der Waals surface area contributed by atoms with Gasteiger partial charge in [-0.25, -0.2) is 9.48 Å². The number of thiophene rings is 1. The summed E-state index contributed by atoms with van der Waals surface area (Å²) in [6.07, 6.45) is 0. The minimum Gasteiger partial charge on any atom is -0.476 e. The first kappa shape index (κ1) is 13.2.